The van der Waals surface area contributed by atoms with Gasteiger partial charge in [-0.05, 0) is 37.6 Å². The second-order valence-corrected chi connectivity index (χ2v) is 6.37. The minimum Gasteiger partial charge on any atom is -0.391 e. The average molecular weight is 402 g/mol. The Morgan fingerprint density at radius 3 is 2.72 bits per heavy atom. The van der Waals surface area contributed by atoms with Gasteiger partial charge >= 0.3 is 0 Å². The first kappa shape index (κ1) is 22.3. The lowest BCUT2D eigenvalue weighted by molar-refractivity contribution is -0.00720. The van der Waals surface area contributed by atoms with Gasteiger partial charge in [-0.2, -0.15) is 0 Å². The molecular formula is C21H27FN4O3. The number of halogens is 1. The molecule has 1 unspecified atom stereocenters. The Kier molecular flexibility index (Phi) is 7.69. The fraction of sp³-hybridized carbons (Fsp3) is 0.333. The summed E-state index contributed by atoms with van der Waals surface area (Å²) in [6.45, 7) is 7.29. The summed E-state index contributed by atoms with van der Waals surface area (Å²) in [4.78, 5) is 21.8. The van der Waals surface area contributed by atoms with Crippen molar-refractivity contribution in [1.82, 2.24) is 15.0 Å². The summed E-state index contributed by atoms with van der Waals surface area (Å²) in [6, 6.07) is 6.57. The maximum absolute atomic E-state index is 14.3. The van der Waals surface area contributed by atoms with Crippen LogP contribution in [0.2, 0.25) is 0 Å². The zero-order valence-electron chi connectivity index (χ0n) is 17.3. The third-order valence-electron chi connectivity index (χ3n) is 4.09. The van der Waals surface area contributed by atoms with E-state index in [0.717, 1.165) is 11.1 Å². The van der Waals surface area contributed by atoms with Gasteiger partial charge in [0, 0.05) is 24.8 Å². The quantitative estimate of drug-likeness (QED) is 0.546. The highest BCUT2D eigenvalue weighted by Gasteiger charge is 2.22. The number of nitrogens with one attached hydrogen (secondary N) is 2. The standard InChI is InChI=1S/C19H21FN4O3.C2H6/c1-11-4-5-15(14(20)8-11)22-17-13-9-21-7-6-16(13)24(3)18(17)19(26)23-27-10-12(2)25;1-2/h4-9,12,22,25H,10H2,1-3H3,(H,23,26);1-2H3. The van der Waals surface area contributed by atoms with Crippen LogP contribution < -0.4 is 10.8 Å². The van der Waals surface area contributed by atoms with Gasteiger partial charge in [-0.15, -0.1) is 0 Å². The molecule has 156 valence electrons. The van der Waals surface area contributed by atoms with Crippen molar-refractivity contribution in [3.05, 3.63) is 53.7 Å². The molecule has 0 saturated heterocycles. The van der Waals surface area contributed by atoms with Gasteiger partial charge in [0.2, 0.25) is 0 Å². The van der Waals surface area contributed by atoms with E-state index in [2.05, 4.69) is 15.8 Å². The first-order valence-corrected chi connectivity index (χ1v) is 9.44. The molecule has 0 aliphatic rings. The highest BCUT2D eigenvalue weighted by Crippen LogP contribution is 2.33. The minimum absolute atomic E-state index is 0.0490. The fourth-order valence-corrected chi connectivity index (χ4v) is 2.81. The molecule has 0 spiro atoms. The van der Waals surface area contributed by atoms with E-state index in [1.165, 1.54) is 6.07 Å². The maximum Gasteiger partial charge on any atom is 0.293 e. The maximum atomic E-state index is 14.3. The molecule has 0 fully saturated rings. The number of hydrogen-bond donors (Lipinski definition) is 3. The highest BCUT2D eigenvalue weighted by atomic mass is 19.1. The molecule has 1 atom stereocenters. The number of aliphatic hydroxyl groups excluding tert-OH is 1. The molecule has 3 rings (SSSR count). The smallest absolute Gasteiger partial charge is 0.293 e. The van der Waals surface area contributed by atoms with Gasteiger partial charge in [0.05, 0.1) is 23.0 Å². The molecule has 7 nitrogen and oxygen atoms in total. The fourth-order valence-electron chi connectivity index (χ4n) is 2.81. The summed E-state index contributed by atoms with van der Waals surface area (Å²) in [5.74, 6) is -0.947. The number of pyridine rings is 1. The van der Waals surface area contributed by atoms with E-state index in [0.29, 0.717) is 11.1 Å². The first-order valence-electron chi connectivity index (χ1n) is 9.44. The Balaban J connectivity index is 0.00000145. The predicted molar refractivity (Wildman–Crippen MR) is 112 cm³/mol. The molecule has 0 radical (unpaired) electrons. The van der Waals surface area contributed by atoms with E-state index in [1.54, 1.807) is 56.1 Å². The number of rotatable bonds is 6. The number of aryl methyl sites for hydroxylation is 2. The van der Waals surface area contributed by atoms with Crippen LogP contribution >= 0.6 is 0 Å². The lowest BCUT2D eigenvalue weighted by atomic mass is 10.2. The Labute approximate surface area is 169 Å². The number of fused-ring (bicyclic) bond motifs is 1. The summed E-state index contributed by atoms with van der Waals surface area (Å²) in [5, 5.41) is 12.9. The number of amides is 1. The summed E-state index contributed by atoms with van der Waals surface area (Å²) in [5.41, 5.74) is 4.77. The van der Waals surface area contributed by atoms with Gasteiger partial charge in [-0.25, -0.2) is 9.87 Å². The van der Waals surface area contributed by atoms with Crippen molar-refractivity contribution in [2.24, 2.45) is 7.05 Å². The van der Waals surface area contributed by atoms with Crippen LogP contribution in [0.4, 0.5) is 15.8 Å². The van der Waals surface area contributed by atoms with Crippen molar-refractivity contribution >= 4 is 28.2 Å². The molecular weight excluding hydrogens is 375 g/mol. The number of aliphatic hydroxyl groups is 1. The van der Waals surface area contributed by atoms with E-state index in [4.69, 9.17) is 4.84 Å². The molecule has 1 amide bonds. The normalized spacial score (nSPS) is 11.6. The third-order valence-corrected chi connectivity index (χ3v) is 4.09. The Morgan fingerprint density at radius 2 is 2.07 bits per heavy atom. The van der Waals surface area contributed by atoms with E-state index in [1.807, 2.05) is 13.8 Å². The number of benzene rings is 1. The van der Waals surface area contributed by atoms with Crippen LogP contribution in [0.5, 0.6) is 0 Å². The van der Waals surface area contributed by atoms with Crippen molar-refractivity contribution in [2.45, 2.75) is 33.8 Å². The van der Waals surface area contributed by atoms with Crippen molar-refractivity contribution in [3.63, 3.8) is 0 Å². The zero-order chi connectivity index (χ0) is 21.6. The predicted octanol–water partition coefficient (Wildman–Crippen LogP) is 3.83. The number of nitrogens with zero attached hydrogens (tertiary/aromatic N) is 2. The number of carbonyl (C=O) groups excluding carboxylic acids is 1. The van der Waals surface area contributed by atoms with Crippen LogP contribution in [-0.2, 0) is 11.9 Å². The molecule has 29 heavy (non-hydrogen) atoms. The third kappa shape index (κ3) is 5.10. The van der Waals surface area contributed by atoms with Gasteiger partial charge in [0.1, 0.15) is 18.1 Å². The first-order chi connectivity index (χ1) is 13.9. The highest BCUT2D eigenvalue weighted by molar-refractivity contribution is 6.09. The largest absolute Gasteiger partial charge is 0.391 e. The Hall–Kier alpha value is -2.97. The van der Waals surface area contributed by atoms with Crippen LogP contribution in [0, 0.1) is 12.7 Å². The molecule has 0 aliphatic heterocycles. The lowest BCUT2D eigenvalue weighted by Crippen LogP contribution is -2.29. The monoisotopic (exact) mass is 402 g/mol. The SMILES string of the molecule is CC.Cc1ccc(Nc2c(C(=O)NOCC(C)O)n(C)c3ccncc23)c(F)c1. The number of aromatic nitrogens is 2. The minimum atomic E-state index is -0.721. The van der Waals surface area contributed by atoms with Crippen molar-refractivity contribution < 1.29 is 19.1 Å². The van der Waals surface area contributed by atoms with Gasteiger partial charge in [-0.3, -0.25) is 14.6 Å². The summed E-state index contributed by atoms with van der Waals surface area (Å²) in [7, 11) is 1.72. The molecule has 2 heterocycles. The molecule has 8 heteroatoms. The second-order valence-electron chi connectivity index (χ2n) is 6.37. The molecule has 1 aromatic carbocycles. The van der Waals surface area contributed by atoms with Crippen LogP contribution in [-0.4, -0.2) is 33.3 Å². The Morgan fingerprint density at radius 1 is 1.34 bits per heavy atom. The van der Waals surface area contributed by atoms with E-state index in [-0.39, 0.29) is 18.0 Å². The molecule has 0 aliphatic carbocycles. The van der Waals surface area contributed by atoms with Crippen LogP contribution in [0.15, 0.2) is 36.7 Å². The number of hydroxylamine groups is 1. The lowest BCUT2D eigenvalue weighted by Gasteiger charge is -2.12. The number of hydrogen-bond acceptors (Lipinski definition) is 5. The molecule has 2 aromatic heterocycles. The average Bonchev–Trinajstić information content (AvgIpc) is 2.97. The van der Waals surface area contributed by atoms with Crippen molar-refractivity contribution in [1.29, 1.82) is 0 Å². The Bertz CT molecular complexity index is 985. The molecule has 3 N–H and O–H groups in total. The second kappa shape index (κ2) is 9.99. The van der Waals surface area contributed by atoms with Gasteiger partial charge < -0.3 is 15.0 Å². The van der Waals surface area contributed by atoms with E-state index in [9.17, 15) is 14.3 Å². The van der Waals surface area contributed by atoms with Crippen LogP contribution in [0.1, 0.15) is 36.8 Å². The summed E-state index contributed by atoms with van der Waals surface area (Å²) in [6.07, 6.45) is 2.50. The molecule has 0 bridgehead atoms. The van der Waals surface area contributed by atoms with Gasteiger partial charge in [0.25, 0.3) is 5.91 Å². The molecule has 0 saturated carbocycles. The van der Waals surface area contributed by atoms with E-state index >= 15 is 0 Å². The van der Waals surface area contributed by atoms with Gasteiger partial charge in [-0.1, -0.05) is 19.9 Å². The van der Waals surface area contributed by atoms with Crippen LogP contribution in [0.25, 0.3) is 10.9 Å². The topological polar surface area (TPSA) is 88.4 Å². The van der Waals surface area contributed by atoms with Gasteiger partial charge in [0.15, 0.2) is 0 Å². The summed E-state index contributed by atoms with van der Waals surface area (Å²) >= 11 is 0. The van der Waals surface area contributed by atoms with Crippen molar-refractivity contribution in [2.75, 3.05) is 11.9 Å². The van der Waals surface area contributed by atoms with Crippen molar-refractivity contribution in [3.8, 4) is 0 Å². The zero-order valence-corrected chi connectivity index (χ0v) is 17.3. The van der Waals surface area contributed by atoms with E-state index < -0.39 is 17.8 Å². The molecule has 3 aromatic rings. The summed E-state index contributed by atoms with van der Waals surface area (Å²) < 4.78 is 16.0. The number of carbonyl (C=O) groups is 1. The number of anilines is 2. The van der Waals surface area contributed by atoms with Crippen LogP contribution in [0.3, 0.4) is 0 Å².